The molecule has 0 spiro atoms. The fourth-order valence-electron chi connectivity index (χ4n) is 1.50. The second-order valence-electron chi connectivity index (χ2n) is 3.80. The van der Waals surface area contributed by atoms with Gasteiger partial charge in [0.1, 0.15) is 11.6 Å². The Morgan fingerprint density at radius 1 is 1.63 bits per heavy atom. The van der Waals surface area contributed by atoms with Gasteiger partial charge in [0.25, 0.3) is 5.91 Å². The molecule has 1 amide bonds. The Morgan fingerprint density at radius 2 is 2.32 bits per heavy atom. The van der Waals surface area contributed by atoms with Gasteiger partial charge < -0.3 is 21.0 Å². The van der Waals surface area contributed by atoms with E-state index in [4.69, 9.17) is 15.7 Å². The summed E-state index contributed by atoms with van der Waals surface area (Å²) in [6.45, 7) is 1.74. The minimum Gasteiger partial charge on any atom is -0.497 e. The fraction of sp³-hybridized carbons (Fsp3) is 0.333. The lowest BCUT2D eigenvalue weighted by molar-refractivity contribution is 0.0941. The van der Waals surface area contributed by atoms with Gasteiger partial charge >= 0.3 is 0 Å². The summed E-state index contributed by atoms with van der Waals surface area (Å²) in [5, 5.41) is 13.9. The summed E-state index contributed by atoms with van der Waals surface area (Å²) in [5.74, 6) is -1.16. The normalized spacial score (nSPS) is 12.9. The molecule has 0 aromatic heterocycles. The average molecular weight is 269 g/mol. The third kappa shape index (κ3) is 3.57. The standard InChI is InChI=1S/C12H16FN3O3/c1-3-10(11(14)16-18)15-12(17)8-5-4-7(19-2)6-9(8)13/h4-6,10,18H,3H2,1-2H3,(H2,14,16)(H,15,17). The summed E-state index contributed by atoms with van der Waals surface area (Å²) in [7, 11) is 1.40. The van der Waals surface area contributed by atoms with Crippen LogP contribution in [0.1, 0.15) is 23.7 Å². The van der Waals surface area contributed by atoms with Crippen LogP contribution in [0.15, 0.2) is 23.4 Å². The van der Waals surface area contributed by atoms with Crippen LogP contribution in [0, 0.1) is 5.82 Å². The van der Waals surface area contributed by atoms with Gasteiger partial charge in [0.15, 0.2) is 5.84 Å². The molecule has 1 aromatic rings. The highest BCUT2D eigenvalue weighted by Gasteiger charge is 2.18. The number of carbonyl (C=O) groups is 1. The number of hydrogen-bond acceptors (Lipinski definition) is 4. The van der Waals surface area contributed by atoms with Crippen molar-refractivity contribution in [2.24, 2.45) is 10.9 Å². The second kappa shape index (κ2) is 6.58. The molecule has 0 saturated carbocycles. The van der Waals surface area contributed by atoms with Crippen LogP contribution in [0.25, 0.3) is 0 Å². The maximum absolute atomic E-state index is 13.7. The van der Waals surface area contributed by atoms with E-state index in [9.17, 15) is 9.18 Å². The van der Waals surface area contributed by atoms with Gasteiger partial charge in [-0.25, -0.2) is 4.39 Å². The van der Waals surface area contributed by atoms with Gasteiger partial charge in [0, 0.05) is 6.07 Å². The minimum absolute atomic E-state index is 0.134. The summed E-state index contributed by atoms with van der Waals surface area (Å²) in [6, 6.07) is 3.24. The van der Waals surface area contributed by atoms with E-state index < -0.39 is 17.8 Å². The lowest BCUT2D eigenvalue weighted by Gasteiger charge is -2.15. The molecule has 1 aromatic carbocycles. The molecule has 6 nitrogen and oxygen atoms in total. The number of halogens is 1. The highest BCUT2D eigenvalue weighted by atomic mass is 19.1. The third-order valence-electron chi connectivity index (χ3n) is 2.61. The van der Waals surface area contributed by atoms with E-state index in [0.29, 0.717) is 12.2 Å². The molecule has 0 aliphatic rings. The van der Waals surface area contributed by atoms with Crippen molar-refractivity contribution in [3.8, 4) is 5.75 Å². The molecule has 4 N–H and O–H groups in total. The Kier molecular flexibility index (Phi) is 5.11. The molecule has 7 heteroatoms. The maximum Gasteiger partial charge on any atom is 0.254 e. The molecular weight excluding hydrogens is 253 g/mol. The van der Waals surface area contributed by atoms with Crippen LogP contribution in [-0.4, -0.2) is 30.1 Å². The first-order valence-corrected chi connectivity index (χ1v) is 5.65. The van der Waals surface area contributed by atoms with E-state index in [2.05, 4.69) is 10.5 Å². The molecule has 19 heavy (non-hydrogen) atoms. The highest BCUT2D eigenvalue weighted by molar-refractivity contribution is 5.98. The summed E-state index contributed by atoms with van der Waals surface area (Å²) >= 11 is 0. The van der Waals surface area contributed by atoms with Crippen LogP contribution in [0.4, 0.5) is 4.39 Å². The van der Waals surface area contributed by atoms with Crippen LogP contribution < -0.4 is 15.8 Å². The number of methoxy groups -OCH3 is 1. The average Bonchev–Trinajstić information content (AvgIpc) is 2.43. The lowest BCUT2D eigenvalue weighted by Crippen LogP contribution is -2.44. The third-order valence-corrected chi connectivity index (χ3v) is 2.61. The molecule has 1 unspecified atom stereocenters. The predicted molar refractivity (Wildman–Crippen MR) is 67.9 cm³/mol. The Labute approximate surface area is 110 Å². The van der Waals surface area contributed by atoms with Gasteiger partial charge in [-0.1, -0.05) is 12.1 Å². The number of hydrogen-bond donors (Lipinski definition) is 3. The second-order valence-corrected chi connectivity index (χ2v) is 3.80. The Balaban J connectivity index is 2.89. The van der Waals surface area contributed by atoms with Crippen molar-refractivity contribution in [1.82, 2.24) is 5.32 Å². The molecule has 0 fully saturated rings. The number of amidine groups is 1. The van der Waals surface area contributed by atoms with E-state index in [-0.39, 0.29) is 11.4 Å². The van der Waals surface area contributed by atoms with Crippen LogP contribution in [0.3, 0.4) is 0 Å². The molecular formula is C12H16FN3O3. The number of rotatable bonds is 5. The number of nitrogens with one attached hydrogen (secondary N) is 1. The zero-order valence-electron chi connectivity index (χ0n) is 10.7. The van der Waals surface area contributed by atoms with Crippen molar-refractivity contribution in [2.75, 3.05) is 7.11 Å². The van der Waals surface area contributed by atoms with Crippen LogP contribution in [0.2, 0.25) is 0 Å². The van der Waals surface area contributed by atoms with E-state index in [1.54, 1.807) is 6.92 Å². The first-order valence-electron chi connectivity index (χ1n) is 5.65. The Bertz CT molecular complexity index is 491. The van der Waals surface area contributed by atoms with E-state index in [1.807, 2.05) is 0 Å². The zero-order chi connectivity index (χ0) is 14.4. The molecule has 1 atom stereocenters. The van der Waals surface area contributed by atoms with Crippen LogP contribution in [0.5, 0.6) is 5.75 Å². The summed E-state index contributed by atoms with van der Waals surface area (Å²) in [4.78, 5) is 11.9. The number of amides is 1. The van der Waals surface area contributed by atoms with Crippen molar-refractivity contribution >= 4 is 11.7 Å². The topological polar surface area (TPSA) is 96.9 Å². The minimum atomic E-state index is -0.703. The van der Waals surface area contributed by atoms with Crippen molar-refractivity contribution in [1.29, 1.82) is 0 Å². The Morgan fingerprint density at radius 3 is 2.79 bits per heavy atom. The zero-order valence-corrected chi connectivity index (χ0v) is 10.7. The van der Waals surface area contributed by atoms with Gasteiger partial charge in [0.05, 0.1) is 18.7 Å². The molecule has 0 heterocycles. The molecule has 0 radical (unpaired) electrons. The number of benzene rings is 1. The quantitative estimate of drug-likeness (QED) is 0.322. The summed E-state index contributed by atoms with van der Waals surface area (Å²) in [5.41, 5.74) is 5.28. The number of oxime groups is 1. The van der Waals surface area contributed by atoms with Gasteiger partial charge in [-0.05, 0) is 18.6 Å². The predicted octanol–water partition coefficient (Wildman–Crippen LogP) is 1.09. The number of ether oxygens (including phenoxy) is 1. The SMILES string of the molecule is CCC(NC(=O)c1ccc(OC)cc1F)/C(N)=N/O. The van der Waals surface area contributed by atoms with E-state index >= 15 is 0 Å². The summed E-state index contributed by atoms with van der Waals surface area (Å²) < 4.78 is 18.5. The maximum atomic E-state index is 13.7. The van der Waals surface area contributed by atoms with Gasteiger partial charge in [-0.3, -0.25) is 4.79 Å². The lowest BCUT2D eigenvalue weighted by atomic mass is 10.1. The van der Waals surface area contributed by atoms with Crippen molar-refractivity contribution in [3.05, 3.63) is 29.6 Å². The number of carbonyl (C=O) groups excluding carboxylic acids is 1. The van der Waals surface area contributed by atoms with Crippen LogP contribution >= 0.6 is 0 Å². The fourth-order valence-corrected chi connectivity index (χ4v) is 1.50. The van der Waals surface area contributed by atoms with Crippen molar-refractivity contribution in [3.63, 3.8) is 0 Å². The smallest absolute Gasteiger partial charge is 0.254 e. The van der Waals surface area contributed by atoms with Gasteiger partial charge in [0.2, 0.25) is 0 Å². The van der Waals surface area contributed by atoms with Crippen molar-refractivity contribution < 1.29 is 19.1 Å². The summed E-state index contributed by atoms with van der Waals surface area (Å²) in [6.07, 6.45) is 0.416. The van der Waals surface area contributed by atoms with E-state index in [0.717, 1.165) is 6.07 Å². The molecule has 0 aliphatic heterocycles. The Hall–Kier alpha value is -2.31. The van der Waals surface area contributed by atoms with Gasteiger partial charge in [-0.2, -0.15) is 0 Å². The monoisotopic (exact) mass is 269 g/mol. The first-order chi connectivity index (χ1) is 9.03. The molecule has 1 rings (SSSR count). The molecule has 104 valence electrons. The number of nitrogens with zero attached hydrogens (tertiary/aromatic N) is 1. The van der Waals surface area contributed by atoms with Crippen LogP contribution in [-0.2, 0) is 0 Å². The molecule has 0 bridgehead atoms. The van der Waals surface area contributed by atoms with Gasteiger partial charge in [-0.15, -0.1) is 0 Å². The number of nitrogens with two attached hydrogens (primary N) is 1. The largest absolute Gasteiger partial charge is 0.497 e. The first kappa shape index (κ1) is 14.7. The van der Waals surface area contributed by atoms with E-state index in [1.165, 1.54) is 19.2 Å². The molecule has 0 aliphatic carbocycles. The van der Waals surface area contributed by atoms with Crippen molar-refractivity contribution in [2.45, 2.75) is 19.4 Å². The highest BCUT2D eigenvalue weighted by Crippen LogP contribution is 2.16. The molecule has 0 saturated heterocycles.